The maximum Gasteiger partial charge on any atom is 0.319 e. The number of nitrogens with zero attached hydrogens (tertiary/aromatic N) is 1. The molecule has 3 amide bonds. The number of benzene rings is 1. The van der Waals surface area contributed by atoms with Crippen molar-refractivity contribution in [1.82, 2.24) is 10.2 Å². The number of nitrogens with one attached hydrogen (secondary N) is 3. The zero-order valence-electron chi connectivity index (χ0n) is 13.9. The lowest BCUT2D eigenvalue weighted by Gasteiger charge is -2.32. The second-order valence-corrected chi connectivity index (χ2v) is 5.71. The Hall–Kier alpha value is -2.19. The molecule has 0 spiro atoms. The summed E-state index contributed by atoms with van der Waals surface area (Å²) in [6.45, 7) is 6.86. The Kier molecular flexibility index (Phi) is 6.51. The minimum atomic E-state index is -0.569. The van der Waals surface area contributed by atoms with Crippen LogP contribution in [0.4, 0.5) is 20.6 Å². The van der Waals surface area contributed by atoms with Gasteiger partial charge >= 0.3 is 6.03 Å². The number of anilines is 2. The lowest BCUT2D eigenvalue weighted by atomic mass is 10.2. The third kappa shape index (κ3) is 5.47. The average molecular weight is 338 g/mol. The summed E-state index contributed by atoms with van der Waals surface area (Å²) in [5.74, 6) is -0.836. The molecule has 1 unspecified atom stereocenters. The van der Waals surface area contributed by atoms with Crippen LogP contribution < -0.4 is 16.0 Å². The summed E-state index contributed by atoms with van der Waals surface area (Å²) in [7, 11) is 0. The molecule has 0 bridgehead atoms. The molecule has 8 heteroatoms. The van der Waals surface area contributed by atoms with Gasteiger partial charge in [-0.1, -0.05) is 0 Å². The molecule has 0 radical (unpaired) electrons. The van der Waals surface area contributed by atoms with E-state index >= 15 is 0 Å². The third-order valence-electron chi connectivity index (χ3n) is 3.76. The Morgan fingerprint density at radius 1 is 1.29 bits per heavy atom. The lowest BCUT2D eigenvalue weighted by molar-refractivity contribution is -0.114. The normalized spacial score (nSPS) is 16.3. The number of amides is 3. The molecular weight excluding hydrogens is 315 g/mol. The molecule has 1 aliphatic rings. The van der Waals surface area contributed by atoms with Gasteiger partial charge in [0.1, 0.15) is 5.82 Å². The van der Waals surface area contributed by atoms with E-state index in [-0.39, 0.29) is 17.6 Å². The van der Waals surface area contributed by atoms with Crippen molar-refractivity contribution in [2.24, 2.45) is 0 Å². The van der Waals surface area contributed by atoms with Crippen molar-refractivity contribution in [1.29, 1.82) is 0 Å². The smallest absolute Gasteiger partial charge is 0.319 e. The number of ether oxygens (including phenoxy) is 1. The van der Waals surface area contributed by atoms with Crippen LogP contribution in [0.5, 0.6) is 0 Å². The predicted octanol–water partition coefficient (Wildman–Crippen LogP) is 1.63. The molecule has 7 nitrogen and oxygen atoms in total. The Labute approximate surface area is 140 Å². The van der Waals surface area contributed by atoms with E-state index in [0.717, 1.165) is 13.1 Å². The molecule has 132 valence electrons. The fourth-order valence-corrected chi connectivity index (χ4v) is 2.46. The molecule has 0 aliphatic carbocycles. The van der Waals surface area contributed by atoms with Gasteiger partial charge in [0.05, 0.1) is 18.9 Å². The number of hydrogen-bond donors (Lipinski definition) is 3. The van der Waals surface area contributed by atoms with Crippen LogP contribution in [0.1, 0.15) is 13.8 Å². The molecular formula is C16H23FN4O3. The van der Waals surface area contributed by atoms with E-state index < -0.39 is 11.8 Å². The summed E-state index contributed by atoms with van der Waals surface area (Å²) in [5.41, 5.74) is 0.429. The van der Waals surface area contributed by atoms with E-state index in [2.05, 4.69) is 20.9 Å². The maximum absolute atomic E-state index is 13.8. The predicted molar refractivity (Wildman–Crippen MR) is 89.6 cm³/mol. The standard InChI is InChI=1S/C16H23FN4O3/c1-11(21-5-7-24-8-6-21)10-18-16(23)20-15-9-13(19-12(2)22)3-4-14(15)17/h3-4,9,11H,5-8,10H2,1-2H3,(H,19,22)(H2,18,20,23). The fraction of sp³-hybridized carbons (Fsp3) is 0.500. The molecule has 1 fully saturated rings. The first kappa shape index (κ1) is 18.2. The molecule has 0 saturated carbocycles. The lowest BCUT2D eigenvalue weighted by Crippen LogP contribution is -2.47. The van der Waals surface area contributed by atoms with Gasteiger partial charge in [0.15, 0.2) is 0 Å². The highest BCUT2D eigenvalue weighted by atomic mass is 19.1. The topological polar surface area (TPSA) is 82.7 Å². The van der Waals surface area contributed by atoms with Crippen molar-refractivity contribution in [3.8, 4) is 0 Å². The van der Waals surface area contributed by atoms with Crippen LogP contribution in [0.25, 0.3) is 0 Å². The van der Waals surface area contributed by atoms with Gasteiger partial charge in [-0.15, -0.1) is 0 Å². The number of carbonyl (C=O) groups excluding carboxylic acids is 2. The van der Waals surface area contributed by atoms with Crippen molar-refractivity contribution in [3.63, 3.8) is 0 Å². The van der Waals surface area contributed by atoms with Gasteiger partial charge in [0.25, 0.3) is 0 Å². The van der Waals surface area contributed by atoms with Crippen molar-refractivity contribution in [2.75, 3.05) is 43.5 Å². The maximum atomic E-state index is 13.8. The highest BCUT2D eigenvalue weighted by Gasteiger charge is 2.17. The summed E-state index contributed by atoms with van der Waals surface area (Å²) in [5, 5.41) is 7.73. The third-order valence-corrected chi connectivity index (χ3v) is 3.76. The van der Waals surface area contributed by atoms with E-state index in [1.54, 1.807) is 0 Å². The molecule has 0 aromatic heterocycles. The van der Waals surface area contributed by atoms with Crippen LogP contribution in [0.2, 0.25) is 0 Å². The fourth-order valence-electron chi connectivity index (χ4n) is 2.46. The van der Waals surface area contributed by atoms with Crippen LogP contribution in [0.3, 0.4) is 0 Å². The number of carbonyl (C=O) groups is 2. The molecule has 1 atom stereocenters. The van der Waals surface area contributed by atoms with Crippen molar-refractivity contribution < 1.29 is 18.7 Å². The van der Waals surface area contributed by atoms with Gasteiger partial charge in [-0.3, -0.25) is 9.69 Å². The second-order valence-electron chi connectivity index (χ2n) is 5.71. The molecule has 1 aromatic rings. The number of urea groups is 1. The first-order valence-corrected chi connectivity index (χ1v) is 7.89. The number of morpholine rings is 1. The van der Waals surface area contributed by atoms with Crippen molar-refractivity contribution in [3.05, 3.63) is 24.0 Å². The van der Waals surface area contributed by atoms with E-state index in [0.29, 0.717) is 25.4 Å². The second kappa shape index (κ2) is 8.60. The summed E-state index contributed by atoms with van der Waals surface area (Å²) < 4.78 is 19.1. The number of hydrogen-bond acceptors (Lipinski definition) is 4. The molecule has 1 aromatic carbocycles. The molecule has 1 aliphatic heterocycles. The minimum Gasteiger partial charge on any atom is -0.379 e. The molecule has 1 saturated heterocycles. The van der Waals surface area contributed by atoms with Gasteiger partial charge in [0, 0.05) is 38.3 Å². The van der Waals surface area contributed by atoms with Crippen molar-refractivity contribution in [2.45, 2.75) is 19.9 Å². The molecule has 2 rings (SSSR count). The van der Waals surface area contributed by atoms with Gasteiger partial charge < -0.3 is 20.7 Å². The summed E-state index contributed by atoms with van der Waals surface area (Å²) >= 11 is 0. The quantitative estimate of drug-likeness (QED) is 0.762. The number of rotatable bonds is 5. The highest BCUT2D eigenvalue weighted by Crippen LogP contribution is 2.19. The van der Waals surface area contributed by atoms with Crippen LogP contribution in [0.15, 0.2) is 18.2 Å². The van der Waals surface area contributed by atoms with Crippen LogP contribution in [-0.2, 0) is 9.53 Å². The zero-order chi connectivity index (χ0) is 17.5. The minimum absolute atomic E-state index is 0.0118. The van der Waals surface area contributed by atoms with Crippen molar-refractivity contribution >= 4 is 23.3 Å². The molecule has 24 heavy (non-hydrogen) atoms. The zero-order valence-corrected chi connectivity index (χ0v) is 13.9. The summed E-state index contributed by atoms with van der Waals surface area (Å²) in [6, 6.07) is 3.67. The largest absolute Gasteiger partial charge is 0.379 e. The highest BCUT2D eigenvalue weighted by molar-refractivity contribution is 5.92. The van der Waals surface area contributed by atoms with E-state index in [4.69, 9.17) is 4.74 Å². The van der Waals surface area contributed by atoms with Gasteiger partial charge in [-0.25, -0.2) is 9.18 Å². The monoisotopic (exact) mass is 338 g/mol. The Morgan fingerprint density at radius 2 is 2.00 bits per heavy atom. The Balaban J connectivity index is 1.86. The summed E-state index contributed by atoms with van der Waals surface area (Å²) in [4.78, 5) is 25.2. The summed E-state index contributed by atoms with van der Waals surface area (Å²) in [6.07, 6.45) is 0. The molecule has 1 heterocycles. The van der Waals surface area contributed by atoms with E-state index in [9.17, 15) is 14.0 Å². The van der Waals surface area contributed by atoms with E-state index in [1.807, 2.05) is 6.92 Å². The van der Waals surface area contributed by atoms with Gasteiger partial charge in [-0.05, 0) is 25.1 Å². The van der Waals surface area contributed by atoms with E-state index in [1.165, 1.54) is 25.1 Å². The average Bonchev–Trinajstić information content (AvgIpc) is 2.56. The van der Waals surface area contributed by atoms with Crippen LogP contribution in [0, 0.1) is 5.82 Å². The van der Waals surface area contributed by atoms with Gasteiger partial charge in [-0.2, -0.15) is 0 Å². The van der Waals surface area contributed by atoms with Crippen LogP contribution in [-0.4, -0.2) is 55.7 Å². The Morgan fingerprint density at radius 3 is 2.67 bits per heavy atom. The number of halogens is 1. The molecule has 3 N–H and O–H groups in total. The van der Waals surface area contributed by atoms with Crippen LogP contribution >= 0.6 is 0 Å². The SMILES string of the molecule is CC(=O)Nc1ccc(F)c(NC(=O)NCC(C)N2CCOCC2)c1. The van der Waals surface area contributed by atoms with Gasteiger partial charge in [0.2, 0.25) is 5.91 Å². The first-order valence-electron chi connectivity index (χ1n) is 7.89. The first-order chi connectivity index (χ1) is 11.5. The Bertz CT molecular complexity index is 591.